The summed E-state index contributed by atoms with van der Waals surface area (Å²) in [5.41, 5.74) is 14.8. The molecule has 28 heteroatoms. The fourth-order valence-electron chi connectivity index (χ4n) is 5.14. The van der Waals surface area contributed by atoms with E-state index in [1.54, 1.807) is 41.5 Å². The fourth-order valence-corrected chi connectivity index (χ4v) is 5.14. The van der Waals surface area contributed by atoms with Crippen molar-refractivity contribution in [1.29, 1.82) is 0 Å². The Morgan fingerprint density at radius 2 is 0.541 bits per heavy atom. The maximum atomic E-state index is 12.5. The summed E-state index contributed by atoms with van der Waals surface area (Å²) < 4.78 is 93.8. The first-order valence-corrected chi connectivity index (χ1v) is 25.2. The summed E-state index contributed by atoms with van der Waals surface area (Å²) in [5, 5.41) is 7.25. The first kappa shape index (κ1) is 70.7. The van der Waals surface area contributed by atoms with Crippen molar-refractivity contribution in [3.8, 4) is 0 Å². The third kappa shape index (κ3) is 54.9. The van der Waals surface area contributed by atoms with Crippen LogP contribution in [0.5, 0.6) is 0 Å². The molecule has 2 amide bonds. The molecule has 0 radical (unpaired) electrons. The Morgan fingerprint density at radius 3 is 0.757 bits per heavy atom. The number of ether oxygens (including phenoxy) is 17. The molecule has 0 N–H and O–H groups in total. The molecule has 0 aromatic heterocycles. The van der Waals surface area contributed by atoms with Crippen LogP contribution in [0.2, 0.25) is 0 Å². The Hall–Kier alpha value is -3.32. The maximum Gasteiger partial charge on any atom is 0.444 e. The molecule has 0 saturated carbocycles. The Morgan fingerprint density at radius 1 is 0.338 bits per heavy atom. The van der Waals surface area contributed by atoms with Crippen molar-refractivity contribution in [3.05, 3.63) is 20.9 Å². The van der Waals surface area contributed by atoms with Gasteiger partial charge in [0.05, 0.1) is 205 Å². The highest BCUT2D eigenvalue weighted by atomic mass is 16.8. The Kier molecular flexibility index (Phi) is 50.7. The molecule has 0 rings (SSSR count). The van der Waals surface area contributed by atoms with Crippen LogP contribution >= 0.6 is 0 Å². The van der Waals surface area contributed by atoms with Gasteiger partial charge >= 0.3 is 12.2 Å². The minimum Gasteiger partial charge on any atom is -0.442 e. The number of amides is 2. The van der Waals surface area contributed by atoms with Crippen molar-refractivity contribution in [1.82, 2.24) is 9.96 Å². The third-order valence-electron chi connectivity index (χ3n) is 8.48. The normalized spacial score (nSPS) is 11.7. The Bertz CT molecular complexity index is 1300. The summed E-state index contributed by atoms with van der Waals surface area (Å²) in [5.74, 6) is 0. The second kappa shape index (κ2) is 53.1. The van der Waals surface area contributed by atoms with Crippen LogP contribution in [0.15, 0.2) is 10.2 Å². The summed E-state index contributed by atoms with van der Waals surface area (Å²) in [4.78, 5) is 37.8. The number of nitrogens with zero attached hydrogens (tertiary/aromatic N) is 8. The molecular weight excluding hydrogens is 985 g/mol. The van der Waals surface area contributed by atoms with E-state index in [0.29, 0.717) is 223 Å². The number of hydroxylamine groups is 2. The van der Waals surface area contributed by atoms with E-state index in [4.69, 9.17) is 96.4 Å². The maximum absolute atomic E-state index is 12.5. The molecule has 0 aliphatic carbocycles. The van der Waals surface area contributed by atoms with Crippen molar-refractivity contribution in [2.75, 3.05) is 238 Å². The van der Waals surface area contributed by atoms with E-state index >= 15 is 0 Å². The summed E-state index contributed by atoms with van der Waals surface area (Å²) in [7, 11) is 0. The van der Waals surface area contributed by atoms with Crippen molar-refractivity contribution in [2.24, 2.45) is 10.2 Å². The minimum absolute atomic E-state index is 0.0909. The SMILES string of the molecule is CC(C)(C)OC(=O)N(OCCOCCOCCOCCOCCOCCN(CCOCCOCCOCCOCCOCCN=[N+]=[N-])CCOCCOCCOCCOCCOCCN=[N+]=[N-])C(=O)OC(C)(C)C. The van der Waals surface area contributed by atoms with Crippen LogP contribution < -0.4 is 0 Å². The average Bonchev–Trinajstić information content (AvgIpc) is 3.34. The zero-order valence-electron chi connectivity index (χ0n) is 45.2. The lowest BCUT2D eigenvalue weighted by Crippen LogP contribution is -2.44. The number of carbonyl (C=O) groups is 2. The van der Waals surface area contributed by atoms with E-state index in [2.05, 4.69) is 25.0 Å². The second-order valence-corrected chi connectivity index (χ2v) is 17.0. The van der Waals surface area contributed by atoms with Crippen LogP contribution in [-0.4, -0.2) is 271 Å². The number of imide groups is 1. The number of hydrogen-bond donors (Lipinski definition) is 0. The number of azide groups is 2. The third-order valence-corrected chi connectivity index (χ3v) is 8.48. The van der Waals surface area contributed by atoms with Gasteiger partial charge in [0.15, 0.2) is 0 Å². The lowest BCUT2D eigenvalue weighted by molar-refractivity contribution is -0.148. The van der Waals surface area contributed by atoms with E-state index in [0.717, 1.165) is 0 Å². The van der Waals surface area contributed by atoms with Crippen molar-refractivity contribution in [2.45, 2.75) is 52.7 Å². The van der Waals surface area contributed by atoms with Gasteiger partial charge in [-0.25, -0.2) is 9.59 Å². The molecule has 0 unspecified atom stereocenters. The van der Waals surface area contributed by atoms with Gasteiger partial charge < -0.3 is 80.5 Å². The highest BCUT2D eigenvalue weighted by molar-refractivity contribution is 5.86. The molecular formula is C46H90N8O20. The summed E-state index contributed by atoms with van der Waals surface area (Å²) >= 11 is 0. The van der Waals surface area contributed by atoms with Crippen LogP contribution in [-0.2, 0) is 85.4 Å². The second-order valence-electron chi connectivity index (χ2n) is 17.0. The molecule has 0 aromatic rings. The van der Waals surface area contributed by atoms with Crippen LogP contribution in [0.1, 0.15) is 41.5 Å². The van der Waals surface area contributed by atoms with E-state index in [1.165, 1.54) is 0 Å². The molecule has 0 fully saturated rings. The zero-order valence-corrected chi connectivity index (χ0v) is 45.2. The topological polar surface area (TPSA) is 304 Å². The standard InChI is InChI=1S/C46H90N8O20/c1-45(2,3)73-43(55)54(44(56)74-46(4,5)6)72-42-41-71-40-39-70-38-37-69-36-31-66-26-21-61-16-11-53(9-14-59-19-24-64-29-34-67-32-27-62-22-17-57-12-7-49-51-47)10-15-60-20-25-65-30-35-68-33-28-63-23-18-58-13-8-50-52-48/h7-42H2,1-6H3. The smallest absolute Gasteiger partial charge is 0.442 e. The highest BCUT2D eigenvalue weighted by Crippen LogP contribution is 2.15. The Balaban J connectivity index is 4.18. The molecule has 28 nitrogen and oxygen atoms in total. The van der Waals surface area contributed by atoms with Gasteiger partial charge in [0.25, 0.3) is 0 Å². The van der Waals surface area contributed by atoms with Gasteiger partial charge in [-0.1, -0.05) is 15.3 Å². The summed E-state index contributed by atoms with van der Waals surface area (Å²) in [6, 6.07) is 0. The van der Waals surface area contributed by atoms with Crippen LogP contribution in [0, 0.1) is 0 Å². The van der Waals surface area contributed by atoms with Crippen molar-refractivity contribution < 1.29 is 95.0 Å². The quantitative estimate of drug-likeness (QED) is 0.0270. The van der Waals surface area contributed by atoms with E-state index in [1.807, 2.05) is 0 Å². The molecule has 0 aliphatic rings. The van der Waals surface area contributed by atoms with Crippen molar-refractivity contribution >= 4 is 12.2 Å². The van der Waals surface area contributed by atoms with E-state index in [9.17, 15) is 9.59 Å². The Labute approximate surface area is 437 Å². The van der Waals surface area contributed by atoms with Gasteiger partial charge in [-0.3, -0.25) is 9.74 Å². The summed E-state index contributed by atoms with van der Waals surface area (Å²) in [6.07, 6.45) is -1.97. The minimum atomic E-state index is -0.983. The lowest BCUT2D eigenvalue weighted by Gasteiger charge is -2.27. The monoisotopic (exact) mass is 1070 g/mol. The number of rotatable bonds is 55. The van der Waals surface area contributed by atoms with Gasteiger partial charge in [-0.15, -0.1) is 0 Å². The van der Waals surface area contributed by atoms with Crippen LogP contribution in [0.25, 0.3) is 20.9 Å². The van der Waals surface area contributed by atoms with Gasteiger partial charge in [-0.05, 0) is 52.6 Å². The molecule has 0 spiro atoms. The first-order chi connectivity index (χ1) is 35.9. The first-order valence-electron chi connectivity index (χ1n) is 25.2. The average molecular weight is 1080 g/mol. The molecule has 74 heavy (non-hydrogen) atoms. The van der Waals surface area contributed by atoms with E-state index in [-0.39, 0.29) is 19.8 Å². The van der Waals surface area contributed by atoms with Crippen molar-refractivity contribution in [3.63, 3.8) is 0 Å². The van der Waals surface area contributed by atoms with E-state index < -0.39 is 23.4 Å². The van der Waals surface area contributed by atoms with Gasteiger partial charge in [0, 0.05) is 42.5 Å². The van der Waals surface area contributed by atoms with Gasteiger partial charge in [-0.2, -0.15) is 0 Å². The van der Waals surface area contributed by atoms with Gasteiger partial charge in [0.1, 0.15) is 11.2 Å². The van der Waals surface area contributed by atoms with Gasteiger partial charge in [0.2, 0.25) is 0 Å². The molecule has 0 bridgehead atoms. The van der Waals surface area contributed by atoms with Crippen LogP contribution in [0.3, 0.4) is 0 Å². The number of hydrogen-bond acceptors (Lipinski definition) is 23. The molecule has 0 heterocycles. The predicted octanol–water partition coefficient (Wildman–Crippen LogP) is 4.26. The zero-order chi connectivity index (χ0) is 54.3. The van der Waals surface area contributed by atoms with Crippen LogP contribution in [0.4, 0.5) is 9.59 Å². The molecule has 434 valence electrons. The fraction of sp³-hybridized carbons (Fsp3) is 0.957. The number of carbonyl (C=O) groups excluding carboxylic acids is 2. The molecule has 0 atom stereocenters. The lowest BCUT2D eigenvalue weighted by atomic mass is 10.2. The highest BCUT2D eigenvalue weighted by Gasteiger charge is 2.32. The molecule has 0 saturated heterocycles. The molecule has 0 aromatic carbocycles. The molecule has 0 aliphatic heterocycles. The summed E-state index contributed by atoms with van der Waals surface area (Å²) in [6.45, 7) is 25.1. The predicted molar refractivity (Wildman–Crippen MR) is 267 cm³/mol. The largest absolute Gasteiger partial charge is 0.444 e.